The molecule has 162 valence electrons. The molecule has 5 nitrogen and oxygen atoms in total. The van der Waals surface area contributed by atoms with E-state index in [2.05, 4.69) is 0 Å². The van der Waals surface area contributed by atoms with Gasteiger partial charge in [0.1, 0.15) is 16.7 Å². The Morgan fingerprint density at radius 3 is 2.65 bits per heavy atom. The van der Waals surface area contributed by atoms with Crippen molar-refractivity contribution in [2.45, 2.75) is 26.4 Å². The number of thiocarbonyl (C=S) groups is 1. The highest BCUT2D eigenvalue weighted by atomic mass is 35.5. The lowest BCUT2D eigenvalue weighted by molar-refractivity contribution is -0.143. The molecule has 0 saturated carbocycles. The predicted molar refractivity (Wildman–Crippen MR) is 128 cm³/mol. The highest BCUT2D eigenvalue weighted by Crippen LogP contribution is 2.33. The topological polar surface area (TPSA) is 55.8 Å². The van der Waals surface area contributed by atoms with Gasteiger partial charge in [-0.2, -0.15) is 0 Å². The fourth-order valence-corrected chi connectivity index (χ4v) is 4.27. The second kappa shape index (κ2) is 11.3. The van der Waals surface area contributed by atoms with Crippen LogP contribution in [0.5, 0.6) is 5.75 Å². The number of amides is 1. The summed E-state index contributed by atoms with van der Waals surface area (Å²) >= 11 is 12.7. The van der Waals surface area contributed by atoms with Crippen molar-refractivity contribution in [3.05, 3.63) is 69.6 Å². The Labute approximate surface area is 196 Å². The summed E-state index contributed by atoms with van der Waals surface area (Å²) in [6, 6.07) is 15.0. The van der Waals surface area contributed by atoms with Crippen molar-refractivity contribution in [2.24, 2.45) is 0 Å². The quantitative estimate of drug-likeness (QED) is 0.272. The summed E-state index contributed by atoms with van der Waals surface area (Å²) < 4.78 is 11.3. The first-order valence-electron chi connectivity index (χ1n) is 9.85. The van der Waals surface area contributed by atoms with E-state index in [4.69, 9.17) is 33.3 Å². The molecule has 0 radical (unpaired) electrons. The maximum Gasteiger partial charge on any atom is 0.307 e. The largest absolute Gasteiger partial charge is 0.489 e. The van der Waals surface area contributed by atoms with E-state index in [0.29, 0.717) is 33.2 Å². The van der Waals surface area contributed by atoms with E-state index in [9.17, 15) is 9.59 Å². The molecule has 0 N–H and O–H groups in total. The fraction of sp³-hybridized carbons (Fsp3) is 0.261. The second-order valence-electron chi connectivity index (χ2n) is 6.75. The van der Waals surface area contributed by atoms with E-state index in [1.807, 2.05) is 55.5 Å². The van der Waals surface area contributed by atoms with E-state index in [-0.39, 0.29) is 24.8 Å². The number of thioether (sulfide) groups is 1. The molecule has 2 aromatic rings. The summed E-state index contributed by atoms with van der Waals surface area (Å²) in [4.78, 5) is 26.3. The SMILES string of the molecule is CCCOC(=O)CCN1C(=O)/C(=C/c2ccc(OCc3ccccc3Cl)cc2)SC1=S. The Morgan fingerprint density at radius 2 is 1.94 bits per heavy atom. The number of nitrogens with zero attached hydrogens (tertiary/aromatic N) is 1. The lowest BCUT2D eigenvalue weighted by Crippen LogP contribution is -2.30. The average Bonchev–Trinajstić information content (AvgIpc) is 3.03. The van der Waals surface area contributed by atoms with Gasteiger partial charge in [0.15, 0.2) is 0 Å². The second-order valence-corrected chi connectivity index (χ2v) is 8.84. The van der Waals surface area contributed by atoms with Gasteiger partial charge in [0.2, 0.25) is 0 Å². The van der Waals surface area contributed by atoms with E-state index < -0.39 is 0 Å². The summed E-state index contributed by atoms with van der Waals surface area (Å²) in [7, 11) is 0. The molecule has 0 aromatic heterocycles. The average molecular weight is 476 g/mol. The minimum Gasteiger partial charge on any atom is -0.489 e. The number of hydrogen-bond donors (Lipinski definition) is 0. The zero-order valence-corrected chi connectivity index (χ0v) is 19.4. The normalized spacial score (nSPS) is 14.9. The van der Waals surface area contributed by atoms with Gasteiger partial charge < -0.3 is 9.47 Å². The van der Waals surface area contributed by atoms with Gasteiger partial charge in [-0.25, -0.2) is 0 Å². The minimum absolute atomic E-state index is 0.122. The highest BCUT2D eigenvalue weighted by Gasteiger charge is 2.32. The highest BCUT2D eigenvalue weighted by molar-refractivity contribution is 8.26. The van der Waals surface area contributed by atoms with Crippen LogP contribution in [0.2, 0.25) is 5.02 Å². The van der Waals surface area contributed by atoms with Crippen LogP contribution >= 0.6 is 35.6 Å². The maximum atomic E-state index is 12.7. The van der Waals surface area contributed by atoms with Crippen LogP contribution < -0.4 is 4.74 Å². The smallest absolute Gasteiger partial charge is 0.307 e. The van der Waals surface area contributed by atoms with Crippen molar-refractivity contribution < 1.29 is 19.1 Å². The van der Waals surface area contributed by atoms with Crippen molar-refractivity contribution in [1.29, 1.82) is 0 Å². The molecule has 31 heavy (non-hydrogen) atoms. The van der Waals surface area contributed by atoms with Crippen LogP contribution in [-0.4, -0.2) is 34.2 Å². The molecule has 8 heteroatoms. The number of hydrogen-bond acceptors (Lipinski definition) is 6. The predicted octanol–water partition coefficient (Wildman–Crippen LogP) is 5.46. The summed E-state index contributed by atoms with van der Waals surface area (Å²) in [6.45, 7) is 2.91. The molecule has 0 spiro atoms. The molecule has 2 aromatic carbocycles. The van der Waals surface area contributed by atoms with Gasteiger partial charge >= 0.3 is 5.97 Å². The van der Waals surface area contributed by atoms with Gasteiger partial charge in [-0.05, 0) is 36.3 Å². The first-order chi connectivity index (χ1) is 15.0. The molecule has 1 aliphatic heterocycles. The molecular weight excluding hydrogens is 454 g/mol. The van der Waals surface area contributed by atoms with Gasteiger partial charge in [0.05, 0.1) is 17.9 Å². The van der Waals surface area contributed by atoms with Crippen molar-refractivity contribution in [2.75, 3.05) is 13.2 Å². The van der Waals surface area contributed by atoms with Gasteiger partial charge in [-0.15, -0.1) is 0 Å². The summed E-state index contributed by atoms with van der Waals surface area (Å²) in [5.41, 5.74) is 1.77. The third-order valence-corrected chi connectivity index (χ3v) is 6.16. The Bertz CT molecular complexity index is 991. The first-order valence-corrected chi connectivity index (χ1v) is 11.5. The molecule has 0 bridgehead atoms. The van der Waals surface area contributed by atoms with Crippen molar-refractivity contribution >= 4 is 57.9 Å². The standard InChI is InChI=1S/C23H22ClNO4S2/c1-2-13-28-21(26)11-12-25-22(27)20(31-23(25)30)14-16-7-9-18(10-8-16)29-15-17-5-3-4-6-19(17)24/h3-10,14H,2,11-13,15H2,1H3/b20-14-. The van der Waals surface area contributed by atoms with Crippen LogP contribution in [0.25, 0.3) is 6.08 Å². The Hall–Kier alpha value is -2.35. The van der Waals surface area contributed by atoms with Crippen LogP contribution in [0.15, 0.2) is 53.4 Å². The van der Waals surface area contributed by atoms with Crippen LogP contribution in [0, 0.1) is 0 Å². The summed E-state index contributed by atoms with van der Waals surface area (Å²) in [5.74, 6) is 0.180. The molecule has 1 amide bonds. The minimum atomic E-state index is -0.327. The van der Waals surface area contributed by atoms with Crippen LogP contribution in [-0.2, 0) is 20.9 Å². The van der Waals surface area contributed by atoms with Gasteiger partial charge in [-0.1, -0.05) is 72.8 Å². The Balaban J connectivity index is 1.57. The molecular formula is C23H22ClNO4S2. The number of esters is 1. The van der Waals surface area contributed by atoms with Gasteiger partial charge in [0.25, 0.3) is 5.91 Å². The summed E-state index contributed by atoms with van der Waals surface area (Å²) in [5, 5.41) is 0.666. The van der Waals surface area contributed by atoms with E-state index in [1.54, 1.807) is 6.08 Å². The van der Waals surface area contributed by atoms with Crippen LogP contribution in [0.4, 0.5) is 0 Å². The molecule has 0 atom stereocenters. The van der Waals surface area contributed by atoms with Crippen molar-refractivity contribution in [1.82, 2.24) is 4.90 Å². The lowest BCUT2D eigenvalue weighted by Gasteiger charge is -2.13. The molecule has 1 saturated heterocycles. The zero-order chi connectivity index (χ0) is 22.2. The molecule has 0 unspecified atom stereocenters. The van der Waals surface area contributed by atoms with E-state index in [0.717, 1.165) is 17.5 Å². The first kappa shape index (κ1) is 23.3. The maximum absolute atomic E-state index is 12.7. The molecule has 1 aliphatic rings. The van der Waals surface area contributed by atoms with E-state index in [1.165, 1.54) is 16.7 Å². The van der Waals surface area contributed by atoms with E-state index >= 15 is 0 Å². The molecule has 1 heterocycles. The third-order valence-electron chi connectivity index (χ3n) is 4.41. The number of halogens is 1. The number of ether oxygens (including phenoxy) is 2. The van der Waals surface area contributed by atoms with Gasteiger partial charge in [-0.3, -0.25) is 14.5 Å². The molecule has 0 aliphatic carbocycles. The van der Waals surface area contributed by atoms with Crippen molar-refractivity contribution in [3.8, 4) is 5.75 Å². The van der Waals surface area contributed by atoms with Crippen LogP contribution in [0.1, 0.15) is 30.9 Å². The van der Waals surface area contributed by atoms with Gasteiger partial charge in [0, 0.05) is 17.1 Å². The monoisotopic (exact) mass is 475 g/mol. The molecule has 1 fully saturated rings. The number of benzene rings is 2. The fourth-order valence-electron chi connectivity index (χ4n) is 2.77. The number of rotatable bonds is 9. The summed E-state index contributed by atoms with van der Waals surface area (Å²) in [6.07, 6.45) is 2.67. The number of carbonyl (C=O) groups excluding carboxylic acids is 2. The third kappa shape index (κ3) is 6.56. The Kier molecular flexibility index (Phi) is 8.51. The van der Waals surface area contributed by atoms with Crippen LogP contribution in [0.3, 0.4) is 0 Å². The van der Waals surface area contributed by atoms with Crippen molar-refractivity contribution in [3.63, 3.8) is 0 Å². The lowest BCUT2D eigenvalue weighted by atomic mass is 10.2. The number of carbonyl (C=O) groups is 2. The Morgan fingerprint density at radius 1 is 1.19 bits per heavy atom. The molecule has 3 rings (SSSR count). The zero-order valence-electron chi connectivity index (χ0n) is 17.0.